The molecule has 1 aliphatic heterocycles. The molecule has 0 amide bonds. The Hall–Kier alpha value is -0.930. The Kier molecular flexibility index (Phi) is 2.79. The predicted octanol–water partition coefficient (Wildman–Crippen LogP) is 1.18. The lowest BCUT2D eigenvalue weighted by Crippen LogP contribution is -2.29. The van der Waals surface area contributed by atoms with Crippen LogP contribution < -0.4 is 5.32 Å². The van der Waals surface area contributed by atoms with Gasteiger partial charge in [-0.25, -0.2) is 0 Å². The second-order valence-electron chi connectivity index (χ2n) is 3.91. The molecule has 2 rings (SSSR count). The first kappa shape index (κ1) is 9.62. The zero-order valence-corrected chi connectivity index (χ0v) is 8.40. The Morgan fingerprint density at radius 2 is 2.43 bits per heavy atom. The van der Waals surface area contributed by atoms with Gasteiger partial charge in [0.25, 0.3) is 0 Å². The van der Waals surface area contributed by atoms with Crippen molar-refractivity contribution >= 4 is 0 Å². The number of aliphatic hydroxyl groups is 1. The van der Waals surface area contributed by atoms with Gasteiger partial charge in [-0.15, -0.1) is 0 Å². The Morgan fingerprint density at radius 3 is 3.00 bits per heavy atom. The van der Waals surface area contributed by atoms with Gasteiger partial charge in [0.2, 0.25) is 0 Å². The zero-order valence-electron chi connectivity index (χ0n) is 8.40. The molecule has 2 atom stereocenters. The smallest absolute Gasteiger partial charge is 0.111 e. The first-order valence-electron chi connectivity index (χ1n) is 5.11. The van der Waals surface area contributed by atoms with Gasteiger partial charge in [-0.05, 0) is 37.9 Å². The normalized spacial score (nSPS) is 23.7. The van der Waals surface area contributed by atoms with E-state index in [1.54, 1.807) is 6.20 Å². The highest BCUT2D eigenvalue weighted by molar-refractivity contribution is 5.15. The minimum atomic E-state index is -0.460. The summed E-state index contributed by atoms with van der Waals surface area (Å²) in [6, 6.07) is 4.07. The lowest BCUT2D eigenvalue weighted by Gasteiger charge is -2.17. The topological polar surface area (TPSA) is 45.1 Å². The molecular weight excluding hydrogens is 176 g/mol. The zero-order chi connectivity index (χ0) is 9.97. The average Bonchev–Trinajstić information content (AvgIpc) is 2.71. The third-order valence-electron chi connectivity index (χ3n) is 2.72. The van der Waals surface area contributed by atoms with Crippen molar-refractivity contribution < 1.29 is 5.11 Å². The lowest BCUT2D eigenvalue weighted by molar-refractivity contribution is 0.133. The summed E-state index contributed by atoms with van der Waals surface area (Å²) in [6.07, 6.45) is 3.52. The van der Waals surface area contributed by atoms with Gasteiger partial charge in [0, 0.05) is 12.2 Å². The van der Waals surface area contributed by atoms with Crippen LogP contribution in [0.4, 0.5) is 0 Å². The van der Waals surface area contributed by atoms with Gasteiger partial charge in [-0.1, -0.05) is 6.07 Å². The maximum atomic E-state index is 9.99. The van der Waals surface area contributed by atoms with Crippen LogP contribution in [0, 0.1) is 6.92 Å². The summed E-state index contributed by atoms with van der Waals surface area (Å²) in [7, 11) is 0. The third-order valence-corrected chi connectivity index (χ3v) is 2.72. The fraction of sp³-hybridized carbons (Fsp3) is 0.545. The van der Waals surface area contributed by atoms with E-state index >= 15 is 0 Å². The number of nitrogens with zero attached hydrogens (tertiary/aromatic N) is 1. The summed E-state index contributed by atoms with van der Waals surface area (Å²) >= 11 is 0. The second kappa shape index (κ2) is 4.07. The van der Waals surface area contributed by atoms with Crippen LogP contribution in [-0.4, -0.2) is 22.7 Å². The number of aliphatic hydroxyl groups excluding tert-OH is 1. The Morgan fingerprint density at radius 1 is 1.57 bits per heavy atom. The SMILES string of the molecule is Cc1ccc(C(O)C2CCCN2)nc1. The number of pyridine rings is 1. The lowest BCUT2D eigenvalue weighted by atomic mass is 10.1. The first-order valence-corrected chi connectivity index (χ1v) is 5.11. The van der Waals surface area contributed by atoms with Crippen LogP contribution in [0.25, 0.3) is 0 Å². The van der Waals surface area contributed by atoms with Gasteiger partial charge in [0.1, 0.15) is 6.10 Å². The Bertz CT molecular complexity index is 291. The molecule has 76 valence electrons. The predicted molar refractivity (Wildman–Crippen MR) is 55.0 cm³/mol. The average molecular weight is 192 g/mol. The summed E-state index contributed by atoms with van der Waals surface area (Å²) in [4.78, 5) is 4.23. The van der Waals surface area contributed by atoms with Crippen molar-refractivity contribution in [2.24, 2.45) is 0 Å². The molecule has 1 saturated heterocycles. The van der Waals surface area contributed by atoms with Crippen molar-refractivity contribution in [3.63, 3.8) is 0 Å². The van der Waals surface area contributed by atoms with Gasteiger partial charge in [0.05, 0.1) is 5.69 Å². The number of nitrogens with one attached hydrogen (secondary N) is 1. The molecule has 14 heavy (non-hydrogen) atoms. The molecule has 3 heteroatoms. The molecule has 0 aromatic carbocycles. The first-order chi connectivity index (χ1) is 6.77. The number of rotatable bonds is 2. The molecule has 0 saturated carbocycles. The molecule has 1 fully saturated rings. The monoisotopic (exact) mass is 192 g/mol. The van der Waals surface area contributed by atoms with E-state index in [2.05, 4.69) is 10.3 Å². The van der Waals surface area contributed by atoms with Crippen molar-refractivity contribution in [1.29, 1.82) is 0 Å². The van der Waals surface area contributed by atoms with Gasteiger partial charge >= 0.3 is 0 Å². The number of aryl methyl sites for hydroxylation is 1. The van der Waals surface area contributed by atoms with Crippen molar-refractivity contribution in [2.45, 2.75) is 31.9 Å². The molecule has 3 nitrogen and oxygen atoms in total. The summed E-state index contributed by atoms with van der Waals surface area (Å²) in [6.45, 7) is 3.00. The van der Waals surface area contributed by atoms with Gasteiger partial charge < -0.3 is 10.4 Å². The van der Waals surface area contributed by atoms with E-state index in [1.165, 1.54) is 0 Å². The van der Waals surface area contributed by atoms with Crippen LogP contribution in [0.2, 0.25) is 0 Å². The third kappa shape index (κ3) is 1.94. The summed E-state index contributed by atoms with van der Waals surface area (Å²) in [5.74, 6) is 0. The highest BCUT2D eigenvalue weighted by Gasteiger charge is 2.24. The van der Waals surface area contributed by atoms with E-state index in [0.29, 0.717) is 0 Å². The maximum Gasteiger partial charge on any atom is 0.111 e. The van der Waals surface area contributed by atoms with Gasteiger partial charge in [-0.3, -0.25) is 4.98 Å². The molecule has 2 N–H and O–H groups in total. The fourth-order valence-corrected chi connectivity index (χ4v) is 1.84. The van der Waals surface area contributed by atoms with Crippen LogP contribution >= 0.6 is 0 Å². The molecule has 1 aromatic heterocycles. The fourth-order valence-electron chi connectivity index (χ4n) is 1.84. The Labute approximate surface area is 84.2 Å². The van der Waals surface area contributed by atoms with Crippen LogP contribution in [0.15, 0.2) is 18.3 Å². The van der Waals surface area contributed by atoms with Crippen LogP contribution in [0.1, 0.15) is 30.2 Å². The molecule has 2 unspecified atom stereocenters. The quantitative estimate of drug-likeness (QED) is 0.739. The second-order valence-corrected chi connectivity index (χ2v) is 3.91. The molecule has 0 bridgehead atoms. The van der Waals surface area contributed by atoms with E-state index in [0.717, 1.165) is 30.6 Å². The molecule has 0 spiro atoms. The van der Waals surface area contributed by atoms with E-state index in [1.807, 2.05) is 19.1 Å². The van der Waals surface area contributed by atoms with Crippen LogP contribution in [-0.2, 0) is 0 Å². The van der Waals surface area contributed by atoms with Crippen LogP contribution in [0.5, 0.6) is 0 Å². The van der Waals surface area contributed by atoms with Crippen molar-refractivity contribution in [3.8, 4) is 0 Å². The number of hydrogen-bond acceptors (Lipinski definition) is 3. The number of hydrogen-bond donors (Lipinski definition) is 2. The van der Waals surface area contributed by atoms with Gasteiger partial charge in [-0.2, -0.15) is 0 Å². The van der Waals surface area contributed by atoms with Crippen molar-refractivity contribution in [1.82, 2.24) is 10.3 Å². The molecule has 1 aliphatic rings. The molecule has 0 radical (unpaired) electrons. The van der Waals surface area contributed by atoms with E-state index < -0.39 is 6.10 Å². The summed E-state index contributed by atoms with van der Waals surface area (Å²) in [5, 5.41) is 13.3. The highest BCUT2D eigenvalue weighted by atomic mass is 16.3. The van der Waals surface area contributed by atoms with E-state index in [-0.39, 0.29) is 6.04 Å². The standard InChI is InChI=1S/C11H16N2O/c1-8-4-5-10(13-7-8)11(14)9-3-2-6-12-9/h4-5,7,9,11-12,14H,2-3,6H2,1H3. The summed E-state index contributed by atoms with van der Waals surface area (Å²) < 4.78 is 0. The minimum Gasteiger partial charge on any atom is -0.385 e. The van der Waals surface area contributed by atoms with Crippen molar-refractivity contribution in [2.75, 3.05) is 6.54 Å². The molecule has 1 aromatic rings. The Balaban J connectivity index is 2.09. The molecule has 0 aliphatic carbocycles. The van der Waals surface area contributed by atoms with E-state index in [4.69, 9.17) is 0 Å². The minimum absolute atomic E-state index is 0.185. The summed E-state index contributed by atoms with van der Waals surface area (Å²) in [5.41, 5.74) is 1.90. The molecular formula is C11H16N2O. The number of aromatic nitrogens is 1. The van der Waals surface area contributed by atoms with Gasteiger partial charge in [0.15, 0.2) is 0 Å². The maximum absolute atomic E-state index is 9.99. The largest absolute Gasteiger partial charge is 0.385 e. The van der Waals surface area contributed by atoms with Crippen molar-refractivity contribution in [3.05, 3.63) is 29.6 Å². The van der Waals surface area contributed by atoms with E-state index in [9.17, 15) is 5.11 Å². The highest BCUT2D eigenvalue weighted by Crippen LogP contribution is 2.21. The molecule has 2 heterocycles. The van der Waals surface area contributed by atoms with Crippen LogP contribution in [0.3, 0.4) is 0 Å².